The zero-order chi connectivity index (χ0) is 46.2. The standard InChI is InChI=1S/C50H65NO11SSi/c1-8-9-10-11-12-22-33-63-47-45(61-48(53)62-49(2,3)4)44(57-36-56-34-37-23-16-13-17-24-37)43(60-46(52)38-29-31-39(32-30-38)51(54)55)42(59-47)35-58-64(50(5,6)7,40-25-18-14-19-26-40)41-27-20-15-21-28-41/h13-21,23-32,42-45,47H,8-12,22,33-36H2,1-7H3/t42-,43+,44+,45-,47+/m1/s1. The summed E-state index contributed by atoms with van der Waals surface area (Å²) < 4.78 is 45.3. The van der Waals surface area contributed by atoms with Crippen LogP contribution in [0.1, 0.15) is 103 Å². The molecule has 0 amide bonds. The van der Waals surface area contributed by atoms with Gasteiger partial charge in [-0.25, -0.2) is 9.59 Å². The van der Waals surface area contributed by atoms with Crippen LogP contribution < -0.4 is 10.4 Å². The molecule has 64 heavy (non-hydrogen) atoms. The number of non-ortho nitro benzene ring substituents is 1. The number of carbonyl (C=O) groups excluding carboxylic acids is 2. The van der Waals surface area contributed by atoms with E-state index in [4.69, 9.17) is 32.8 Å². The van der Waals surface area contributed by atoms with Crippen LogP contribution in [0.5, 0.6) is 0 Å². The summed E-state index contributed by atoms with van der Waals surface area (Å²) >= 11 is 1.50. The van der Waals surface area contributed by atoms with Gasteiger partial charge in [0.05, 0.1) is 23.7 Å². The summed E-state index contributed by atoms with van der Waals surface area (Å²) in [6, 6.07) is 35.2. The molecule has 1 fully saturated rings. The molecule has 0 spiro atoms. The predicted octanol–water partition coefficient (Wildman–Crippen LogP) is 10.4. The zero-order valence-electron chi connectivity index (χ0n) is 38.3. The van der Waals surface area contributed by atoms with Crippen molar-refractivity contribution in [2.45, 2.75) is 134 Å². The van der Waals surface area contributed by atoms with Gasteiger partial charge in [-0.15, -0.1) is 11.8 Å². The van der Waals surface area contributed by atoms with E-state index in [9.17, 15) is 19.7 Å². The topological polar surface area (TPSA) is 142 Å². The lowest BCUT2D eigenvalue weighted by molar-refractivity contribution is -0.384. The number of hydrogen-bond donors (Lipinski definition) is 0. The van der Waals surface area contributed by atoms with Crippen molar-refractivity contribution in [2.75, 3.05) is 19.2 Å². The average Bonchev–Trinajstić information content (AvgIpc) is 3.26. The minimum absolute atomic E-state index is 0.0382. The van der Waals surface area contributed by atoms with Gasteiger partial charge < -0.3 is 32.8 Å². The van der Waals surface area contributed by atoms with Crippen molar-refractivity contribution in [1.29, 1.82) is 0 Å². The van der Waals surface area contributed by atoms with E-state index in [0.29, 0.717) is 5.75 Å². The average molecular weight is 916 g/mol. The smallest absolute Gasteiger partial charge is 0.453 e. The molecular weight excluding hydrogens is 851 g/mol. The SMILES string of the molecule is CCCCCCCCS[C@@H]1O[C@H](CO[Si](c2ccccc2)(c2ccccc2)C(C)(C)C)[C@H](OC(=O)c2ccc([N+](=O)[O-])cc2)[C@H](OCOCc2ccccc2)[C@H]1OC(=O)OC(C)(C)C. The van der Waals surface area contributed by atoms with Crippen molar-refractivity contribution in [1.82, 2.24) is 0 Å². The fourth-order valence-electron chi connectivity index (χ4n) is 7.81. The van der Waals surface area contributed by atoms with Crippen LogP contribution in [0.15, 0.2) is 115 Å². The van der Waals surface area contributed by atoms with E-state index < -0.39 is 65.9 Å². The highest BCUT2D eigenvalue weighted by Gasteiger charge is 2.55. The molecule has 1 aliphatic heterocycles. The molecule has 5 rings (SSSR count). The Balaban J connectivity index is 1.59. The van der Waals surface area contributed by atoms with E-state index in [1.165, 1.54) is 42.4 Å². The number of rotatable bonds is 22. The molecule has 0 N–H and O–H groups in total. The van der Waals surface area contributed by atoms with Crippen LogP contribution in [-0.2, 0) is 39.5 Å². The third-order valence-electron chi connectivity index (χ3n) is 10.9. The fraction of sp³-hybridized carbons (Fsp3) is 0.480. The molecule has 1 heterocycles. The Kier molecular flexibility index (Phi) is 19.0. The normalized spacial score (nSPS) is 19.1. The zero-order valence-corrected chi connectivity index (χ0v) is 40.1. The molecule has 0 bridgehead atoms. The summed E-state index contributed by atoms with van der Waals surface area (Å²) in [5, 5.41) is 13.2. The maximum atomic E-state index is 14.2. The Bertz CT molecular complexity index is 1990. The monoisotopic (exact) mass is 915 g/mol. The van der Waals surface area contributed by atoms with E-state index in [1.54, 1.807) is 20.8 Å². The minimum Gasteiger partial charge on any atom is -0.453 e. The van der Waals surface area contributed by atoms with Gasteiger partial charge in [0.2, 0.25) is 0 Å². The van der Waals surface area contributed by atoms with Crippen LogP contribution in [0.4, 0.5) is 10.5 Å². The molecule has 14 heteroatoms. The molecule has 12 nitrogen and oxygen atoms in total. The lowest BCUT2D eigenvalue weighted by atomic mass is 9.99. The number of benzene rings is 4. The number of esters is 1. The second-order valence-corrected chi connectivity index (χ2v) is 23.5. The molecule has 346 valence electrons. The quantitative estimate of drug-likeness (QED) is 0.0185. The van der Waals surface area contributed by atoms with Crippen LogP contribution in [0.25, 0.3) is 0 Å². The first-order valence-electron chi connectivity index (χ1n) is 22.2. The first-order valence-corrected chi connectivity index (χ1v) is 25.2. The number of carbonyl (C=O) groups is 2. The first kappa shape index (κ1) is 50.4. The van der Waals surface area contributed by atoms with E-state index >= 15 is 0 Å². The van der Waals surface area contributed by atoms with Gasteiger partial charge in [0.1, 0.15) is 30.0 Å². The molecule has 4 aromatic carbocycles. The summed E-state index contributed by atoms with van der Waals surface area (Å²) in [5.74, 6) is -0.0930. The van der Waals surface area contributed by atoms with Crippen molar-refractivity contribution in [3.05, 3.63) is 137 Å². The van der Waals surface area contributed by atoms with E-state index in [2.05, 4.69) is 52.0 Å². The second-order valence-electron chi connectivity index (χ2n) is 18.0. The van der Waals surface area contributed by atoms with Crippen LogP contribution in [-0.4, -0.2) is 80.0 Å². The molecule has 1 aliphatic rings. The number of nitrogens with zero attached hydrogens (tertiary/aromatic N) is 1. The third-order valence-corrected chi connectivity index (χ3v) is 17.1. The van der Waals surface area contributed by atoms with E-state index in [-0.39, 0.29) is 31.3 Å². The highest BCUT2D eigenvalue weighted by molar-refractivity contribution is 7.99. The summed E-state index contributed by atoms with van der Waals surface area (Å²) in [5.41, 5.74) is -0.867. The van der Waals surface area contributed by atoms with Gasteiger partial charge in [0, 0.05) is 12.1 Å². The first-order chi connectivity index (χ1) is 30.6. The van der Waals surface area contributed by atoms with Gasteiger partial charge in [-0.05, 0) is 66.1 Å². The van der Waals surface area contributed by atoms with Crippen molar-refractivity contribution in [3.8, 4) is 0 Å². The van der Waals surface area contributed by atoms with Gasteiger partial charge in [-0.1, -0.05) is 151 Å². The summed E-state index contributed by atoms with van der Waals surface area (Å²) in [6.45, 7) is 13.9. The molecule has 0 aromatic heterocycles. The Hall–Kier alpha value is -4.57. The molecule has 0 aliphatic carbocycles. The lowest BCUT2D eigenvalue weighted by Gasteiger charge is -2.47. The molecule has 0 saturated carbocycles. The van der Waals surface area contributed by atoms with Gasteiger partial charge in [-0.2, -0.15) is 0 Å². The number of thioether (sulfide) groups is 1. The predicted molar refractivity (Wildman–Crippen MR) is 252 cm³/mol. The number of hydrogen-bond acceptors (Lipinski definition) is 12. The van der Waals surface area contributed by atoms with Crippen molar-refractivity contribution >= 4 is 48.3 Å². The van der Waals surface area contributed by atoms with E-state index in [0.717, 1.165) is 48.0 Å². The Morgan fingerprint density at radius 2 is 1.31 bits per heavy atom. The van der Waals surface area contributed by atoms with Gasteiger partial charge >= 0.3 is 12.1 Å². The van der Waals surface area contributed by atoms with Crippen molar-refractivity contribution in [2.24, 2.45) is 0 Å². The van der Waals surface area contributed by atoms with Crippen LogP contribution >= 0.6 is 11.8 Å². The Labute approximate surface area is 383 Å². The van der Waals surface area contributed by atoms with Crippen LogP contribution in [0.2, 0.25) is 5.04 Å². The molecule has 0 unspecified atom stereocenters. The molecule has 5 atom stereocenters. The second kappa shape index (κ2) is 24.1. The largest absolute Gasteiger partial charge is 0.509 e. The van der Waals surface area contributed by atoms with Gasteiger partial charge in [-0.3, -0.25) is 10.1 Å². The number of unbranched alkanes of at least 4 members (excludes halogenated alkanes) is 5. The van der Waals surface area contributed by atoms with Crippen LogP contribution in [0.3, 0.4) is 0 Å². The lowest BCUT2D eigenvalue weighted by Crippen LogP contribution is -2.68. The minimum atomic E-state index is -3.18. The molecule has 1 saturated heterocycles. The fourth-order valence-corrected chi connectivity index (χ4v) is 13.6. The molecule has 4 aromatic rings. The number of ether oxygens (including phenoxy) is 6. The van der Waals surface area contributed by atoms with Crippen molar-refractivity contribution in [3.63, 3.8) is 0 Å². The number of nitro groups is 1. The summed E-state index contributed by atoms with van der Waals surface area (Å²) in [7, 11) is -3.18. The van der Waals surface area contributed by atoms with Gasteiger partial charge in [0.25, 0.3) is 14.0 Å². The maximum Gasteiger partial charge on any atom is 0.509 e. The summed E-state index contributed by atoms with van der Waals surface area (Å²) in [4.78, 5) is 38.8. The van der Waals surface area contributed by atoms with Crippen LogP contribution in [0, 0.1) is 10.1 Å². The highest BCUT2D eigenvalue weighted by atomic mass is 32.2. The van der Waals surface area contributed by atoms with Gasteiger partial charge in [0.15, 0.2) is 12.2 Å². The molecular formula is C50H65NO11SSi. The Morgan fingerprint density at radius 1 is 0.734 bits per heavy atom. The maximum absolute atomic E-state index is 14.2. The third kappa shape index (κ3) is 14.2. The number of nitro benzene ring substituents is 1. The van der Waals surface area contributed by atoms with E-state index in [1.807, 2.05) is 66.7 Å². The molecule has 0 radical (unpaired) electrons. The van der Waals surface area contributed by atoms with Crippen molar-refractivity contribution < 1.29 is 47.4 Å². The summed E-state index contributed by atoms with van der Waals surface area (Å²) in [6.07, 6.45) is 1.12. The Morgan fingerprint density at radius 3 is 1.88 bits per heavy atom. The highest BCUT2D eigenvalue weighted by Crippen LogP contribution is 2.40.